The van der Waals surface area contributed by atoms with E-state index in [1.54, 1.807) is 4.90 Å². The first-order chi connectivity index (χ1) is 13.0. The van der Waals surface area contributed by atoms with Crippen molar-refractivity contribution < 1.29 is 14.0 Å². The van der Waals surface area contributed by atoms with Crippen molar-refractivity contribution in [2.45, 2.75) is 38.6 Å². The zero-order valence-electron chi connectivity index (χ0n) is 14.8. The Balaban J connectivity index is 1.64. The number of hydrogen-bond acceptors (Lipinski definition) is 3. The topological polar surface area (TPSA) is 67.2 Å². The maximum Gasteiger partial charge on any atom is 0.291 e. The summed E-state index contributed by atoms with van der Waals surface area (Å²) in [6.45, 7) is 2.13. The molecular formula is C19H20ClFN4O2. The number of nitrogens with zero attached hydrogens (tertiary/aromatic N) is 3. The molecule has 8 heteroatoms. The lowest BCUT2D eigenvalue weighted by atomic mass is 10.1. The van der Waals surface area contributed by atoms with Crippen LogP contribution in [0, 0.1) is 5.82 Å². The van der Waals surface area contributed by atoms with E-state index in [4.69, 9.17) is 11.6 Å². The van der Waals surface area contributed by atoms with Crippen molar-refractivity contribution in [3.8, 4) is 0 Å². The van der Waals surface area contributed by atoms with Crippen LogP contribution in [0.15, 0.2) is 18.2 Å². The van der Waals surface area contributed by atoms with E-state index < -0.39 is 11.7 Å². The van der Waals surface area contributed by atoms with Gasteiger partial charge in [0.1, 0.15) is 11.5 Å². The van der Waals surface area contributed by atoms with Crippen LogP contribution in [0.1, 0.15) is 52.5 Å². The Morgan fingerprint density at radius 2 is 1.85 bits per heavy atom. The Hall–Kier alpha value is -2.41. The number of nitrogens with one attached hydrogen (secondary N) is 1. The second-order valence-corrected chi connectivity index (χ2v) is 7.33. The van der Waals surface area contributed by atoms with E-state index in [0.717, 1.165) is 50.9 Å². The Kier molecular flexibility index (Phi) is 4.86. The summed E-state index contributed by atoms with van der Waals surface area (Å²) in [5.41, 5.74) is 1.60. The van der Waals surface area contributed by atoms with Crippen LogP contribution in [-0.4, -0.2) is 39.4 Å². The van der Waals surface area contributed by atoms with Gasteiger partial charge in [-0.25, -0.2) is 9.37 Å². The van der Waals surface area contributed by atoms with Crippen molar-refractivity contribution in [3.05, 3.63) is 46.3 Å². The van der Waals surface area contributed by atoms with E-state index in [0.29, 0.717) is 17.9 Å². The summed E-state index contributed by atoms with van der Waals surface area (Å²) in [5.74, 6) is -0.859. The number of hydrogen-bond donors (Lipinski definition) is 1. The van der Waals surface area contributed by atoms with Gasteiger partial charge in [-0.1, -0.05) is 11.6 Å². The van der Waals surface area contributed by atoms with Crippen LogP contribution in [0.4, 0.5) is 10.1 Å². The van der Waals surface area contributed by atoms with Crippen molar-refractivity contribution in [1.29, 1.82) is 0 Å². The number of imidazole rings is 1. The fourth-order valence-electron chi connectivity index (χ4n) is 3.72. The molecule has 142 valence electrons. The molecule has 0 spiro atoms. The first-order valence-electron chi connectivity index (χ1n) is 9.19. The van der Waals surface area contributed by atoms with Gasteiger partial charge in [0.05, 0.1) is 10.7 Å². The number of carbonyl (C=O) groups is 2. The van der Waals surface area contributed by atoms with Crippen LogP contribution in [0.5, 0.6) is 0 Å². The number of anilines is 1. The standard InChI is InChI=1S/C19H20ClFN4O2/c20-13-11-12(6-7-14(13)21)22-18(26)17-23-16(15-5-1-2-10-25(15)17)19(27)24-8-3-4-9-24/h6-7,11H,1-5,8-10H2,(H,22,26). The number of amides is 2. The van der Waals surface area contributed by atoms with Gasteiger partial charge >= 0.3 is 0 Å². The second-order valence-electron chi connectivity index (χ2n) is 6.92. The summed E-state index contributed by atoms with van der Waals surface area (Å²) >= 11 is 5.78. The minimum Gasteiger partial charge on any atom is -0.337 e. The first-order valence-corrected chi connectivity index (χ1v) is 9.57. The van der Waals surface area contributed by atoms with Crippen molar-refractivity contribution in [2.24, 2.45) is 0 Å². The molecular weight excluding hydrogens is 371 g/mol. The zero-order valence-corrected chi connectivity index (χ0v) is 15.6. The van der Waals surface area contributed by atoms with Gasteiger partial charge in [-0.3, -0.25) is 9.59 Å². The quantitative estimate of drug-likeness (QED) is 0.872. The molecule has 4 rings (SSSR count). The van der Waals surface area contributed by atoms with E-state index in [2.05, 4.69) is 10.3 Å². The van der Waals surface area contributed by atoms with Gasteiger partial charge < -0.3 is 14.8 Å². The molecule has 1 saturated heterocycles. The molecule has 0 bridgehead atoms. The summed E-state index contributed by atoms with van der Waals surface area (Å²) in [7, 11) is 0. The van der Waals surface area contributed by atoms with Gasteiger partial charge in [-0.05, 0) is 50.3 Å². The van der Waals surface area contributed by atoms with Gasteiger partial charge in [-0.2, -0.15) is 0 Å². The highest BCUT2D eigenvalue weighted by molar-refractivity contribution is 6.31. The van der Waals surface area contributed by atoms with E-state index in [-0.39, 0.29) is 16.8 Å². The van der Waals surface area contributed by atoms with Crippen LogP contribution in [0.2, 0.25) is 5.02 Å². The molecule has 2 aromatic rings. The van der Waals surface area contributed by atoms with Gasteiger partial charge in [0.2, 0.25) is 0 Å². The fraction of sp³-hybridized carbons (Fsp3) is 0.421. The highest BCUT2D eigenvalue weighted by Gasteiger charge is 2.30. The third kappa shape index (κ3) is 3.43. The van der Waals surface area contributed by atoms with Crippen LogP contribution in [0.3, 0.4) is 0 Å². The molecule has 0 saturated carbocycles. The summed E-state index contributed by atoms with van der Waals surface area (Å²) in [4.78, 5) is 31.9. The summed E-state index contributed by atoms with van der Waals surface area (Å²) in [5, 5.41) is 2.63. The van der Waals surface area contributed by atoms with Crippen molar-refractivity contribution in [3.63, 3.8) is 0 Å². The number of fused-ring (bicyclic) bond motifs is 1. The molecule has 0 atom stereocenters. The van der Waals surface area contributed by atoms with E-state index >= 15 is 0 Å². The SMILES string of the molecule is O=C(Nc1ccc(F)c(Cl)c1)c1nc(C(=O)N2CCCC2)c2n1CCCC2. The Morgan fingerprint density at radius 1 is 1.11 bits per heavy atom. The van der Waals surface area contributed by atoms with Crippen LogP contribution in [-0.2, 0) is 13.0 Å². The first kappa shape index (κ1) is 18.0. The third-order valence-electron chi connectivity index (χ3n) is 5.09. The van der Waals surface area contributed by atoms with Gasteiger partial charge in [0.25, 0.3) is 11.8 Å². The lowest BCUT2D eigenvalue weighted by Crippen LogP contribution is -2.29. The number of halogens is 2. The number of aromatic nitrogens is 2. The molecule has 1 aromatic carbocycles. The Morgan fingerprint density at radius 3 is 2.59 bits per heavy atom. The molecule has 2 aliphatic rings. The van der Waals surface area contributed by atoms with E-state index in [1.807, 2.05) is 4.57 Å². The highest BCUT2D eigenvalue weighted by atomic mass is 35.5. The molecule has 1 N–H and O–H groups in total. The van der Waals surface area contributed by atoms with Crippen molar-refractivity contribution >= 4 is 29.1 Å². The Labute approximate surface area is 161 Å². The minimum absolute atomic E-state index is 0.0668. The predicted octanol–water partition coefficient (Wildman–Crippen LogP) is 3.50. The van der Waals surface area contributed by atoms with Gasteiger partial charge in [-0.15, -0.1) is 0 Å². The molecule has 1 aromatic heterocycles. The number of carbonyl (C=O) groups excluding carboxylic acids is 2. The average Bonchev–Trinajstić information content (AvgIpc) is 3.32. The minimum atomic E-state index is -0.550. The molecule has 1 fully saturated rings. The number of benzene rings is 1. The smallest absolute Gasteiger partial charge is 0.291 e. The van der Waals surface area contributed by atoms with E-state index in [9.17, 15) is 14.0 Å². The normalized spacial score (nSPS) is 16.3. The van der Waals surface area contributed by atoms with Crippen molar-refractivity contribution in [1.82, 2.24) is 14.5 Å². The fourth-order valence-corrected chi connectivity index (χ4v) is 3.90. The molecule has 3 heterocycles. The van der Waals surface area contributed by atoms with Crippen LogP contribution in [0.25, 0.3) is 0 Å². The lowest BCUT2D eigenvalue weighted by Gasteiger charge is -2.18. The molecule has 6 nitrogen and oxygen atoms in total. The summed E-state index contributed by atoms with van der Waals surface area (Å²) in [6.07, 6.45) is 4.64. The van der Waals surface area contributed by atoms with Crippen LogP contribution >= 0.6 is 11.6 Å². The second kappa shape index (κ2) is 7.31. The molecule has 27 heavy (non-hydrogen) atoms. The molecule has 2 amide bonds. The maximum absolute atomic E-state index is 13.3. The van der Waals surface area contributed by atoms with Gasteiger partial charge in [0.15, 0.2) is 5.82 Å². The molecule has 0 radical (unpaired) electrons. The number of likely N-dealkylation sites (tertiary alicyclic amines) is 1. The van der Waals surface area contributed by atoms with Crippen LogP contribution < -0.4 is 5.32 Å². The monoisotopic (exact) mass is 390 g/mol. The Bertz CT molecular complexity index is 905. The highest BCUT2D eigenvalue weighted by Crippen LogP contribution is 2.25. The molecule has 0 unspecified atom stereocenters. The van der Waals surface area contributed by atoms with Crippen molar-refractivity contribution in [2.75, 3.05) is 18.4 Å². The summed E-state index contributed by atoms with van der Waals surface area (Å²) < 4.78 is 15.2. The van der Waals surface area contributed by atoms with Gasteiger partial charge in [0, 0.05) is 25.3 Å². The third-order valence-corrected chi connectivity index (χ3v) is 5.38. The predicted molar refractivity (Wildman–Crippen MR) is 99.7 cm³/mol. The zero-order chi connectivity index (χ0) is 19.0. The largest absolute Gasteiger partial charge is 0.337 e. The van der Waals surface area contributed by atoms with E-state index in [1.165, 1.54) is 18.2 Å². The molecule has 2 aliphatic heterocycles. The number of rotatable bonds is 3. The maximum atomic E-state index is 13.3. The summed E-state index contributed by atoms with van der Waals surface area (Å²) in [6, 6.07) is 3.99. The molecule has 0 aliphatic carbocycles. The average molecular weight is 391 g/mol. The lowest BCUT2D eigenvalue weighted by molar-refractivity contribution is 0.0786.